The summed E-state index contributed by atoms with van der Waals surface area (Å²) >= 11 is 0. The lowest BCUT2D eigenvalue weighted by atomic mass is 10.3. The number of aromatic nitrogens is 1. The third-order valence-electron chi connectivity index (χ3n) is 2.10. The number of carboxylic acids is 1. The lowest BCUT2D eigenvalue weighted by molar-refractivity contribution is -0.384. The van der Waals surface area contributed by atoms with E-state index in [4.69, 9.17) is 5.11 Å². The number of nitro groups is 1. The van der Waals surface area contributed by atoms with Gasteiger partial charge in [-0.3, -0.25) is 14.9 Å². The Morgan fingerprint density at radius 3 is 2.74 bits per heavy atom. The van der Waals surface area contributed by atoms with E-state index in [-0.39, 0.29) is 30.2 Å². The van der Waals surface area contributed by atoms with Crippen LogP contribution in [0.3, 0.4) is 0 Å². The molecule has 0 saturated heterocycles. The summed E-state index contributed by atoms with van der Waals surface area (Å²) in [5, 5.41) is 21.7. The minimum Gasteiger partial charge on any atom is -0.481 e. The first-order valence-electron chi connectivity index (χ1n) is 5.15. The Balaban J connectivity index is 2.98. The van der Waals surface area contributed by atoms with Crippen LogP contribution in [0.15, 0.2) is 12.1 Å². The second kappa shape index (κ2) is 6.28. The highest BCUT2D eigenvalue weighted by molar-refractivity contribution is 5.88. The van der Waals surface area contributed by atoms with Gasteiger partial charge in [0, 0.05) is 12.6 Å². The number of carbonyl (C=O) groups excluding carboxylic acids is 1. The SMILES string of the molecule is COC(=O)c1ccc([N+](=O)[O-])c(NCCC(=O)O)n1. The third-order valence-corrected chi connectivity index (χ3v) is 2.10. The van der Waals surface area contributed by atoms with Crippen molar-refractivity contribution < 1.29 is 24.4 Å². The number of carboxylic acid groups (broad SMARTS) is 1. The Hall–Kier alpha value is -2.71. The molecule has 0 aliphatic heterocycles. The molecule has 0 spiro atoms. The lowest BCUT2D eigenvalue weighted by Gasteiger charge is -2.06. The van der Waals surface area contributed by atoms with Crippen LogP contribution in [-0.2, 0) is 9.53 Å². The fourth-order valence-corrected chi connectivity index (χ4v) is 1.24. The quantitative estimate of drug-likeness (QED) is 0.437. The number of aliphatic carboxylic acids is 1. The summed E-state index contributed by atoms with van der Waals surface area (Å²) in [5.74, 6) is -1.97. The number of rotatable bonds is 6. The Bertz CT molecular complexity index is 516. The normalized spacial score (nSPS) is 9.74. The average molecular weight is 269 g/mol. The Labute approximate surface area is 107 Å². The molecule has 0 aliphatic rings. The van der Waals surface area contributed by atoms with E-state index in [0.29, 0.717) is 0 Å². The molecular formula is C10H11N3O6. The molecule has 9 heteroatoms. The van der Waals surface area contributed by atoms with Gasteiger partial charge < -0.3 is 15.2 Å². The lowest BCUT2D eigenvalue weighted by Crippen LogP contribution is -2.12. The number of nitrogens with zero attached hydrogens (tertiary/aromatic N) is 2. The van der Waals surface area contributed by atoms with Crippen molar-refractivity contribution in [2.24, 2.45) is 0 Å². The van der Waals surface area contributed by atoms with Gasteiger partial charge in [0.2, 0.25) is 5.82 Å². The number of hydrogen-bond acceptors (Lipinski definition) is 7. The first-order valence-corrected chi connectivity index (χ1v) is 5.15. The average Bonchev–Trinajstić information content (AvgIpc) is 2.37. The van der Waals surface area contributed by atoms with Crippen LogP contribution in [0, 0.1) is 10.1 Å². The van der Waals surface area contributed by atoms with Crippen molar-refractivity contribution in [2.45, 2.75) is 6.42 Å². The molecule has 0 unspecified atom stereocenters. The zero-order chi connectivity index (χ0) is 14.4. The van der Waals surface area contributed by atoms with Crippen LogP contribution in [-0.4, -0.2) is 40.6 Å². The van der Waals surface area contributed by atoms with Crippen LogP contribution in [0.25, 0.3) is 0 Å². The molecule has 0 aromatic carbocycles. The summed E-state index contributed by atoms with van der Waals surface area (Å²) in [6.45, 7) is -0.0478. The van der Waals surface area contributed by atoms with Crippen LogP contribution < -0.4 is 5.32 Å². The fraction of sp³-hybridized carbons (Fsp3) is 0.300. The van der Waals surface area contributed by atoms with E-state index in [1.807, 2.05) is 0 Å². The number of pyridine rings is 1. The van der Waals surface area contributed by atoms with Crippen molar-refractivity contribution >= 4 is 23.4 Å². The predicted octanol–water partition coefficient (Wildman–Crippen LogP) is 0.663. The van der Waals surface area contributed by atoms with E-state index in [2.05, 4.69) is 15.0 Å². The molecule has 0 fully saturated rings. The van der Waals surface area contributed by atoms with Crippen LogP contribution >= 0.6 is 0 Å². The Kier molecular flexibility index (Phi) is 4.75. The maximum Gasteiger partial charge on any atom is 0.356 e. The van der Waals surface area contributed by atoms with Crippen LogP contribution in [0.5, 0.6) is 0 Å². The van der Waals surface area contributed by atoms with Crippen molar-refractivity contribution in [1.82, 2.24) is 4.98 Å². The van der Waals surface area contributed by atoms with E-state index in [1.54, 1.807) is 0 Å². The molecule has 1 aromatic heterocycles. The molecule has 9 nitrogen and oxygen atoms in total. The zero-order valence-electron chi connectivity index (χ0n) is 9.95. The fourth-order valence-electron chi connectivity index (χ4n) is 1.24. The monoisotopic (exact) mass is 269 g/mol. The molecule has 0 radical (unpaired) electrons. The number of carbonyl (C=O) groups is 2. The topological polar surface area (TPSA) is 132 Å². The van der Waals surface area contributed by atoms with Gasteiger partial charge in [-0.15, -0.1) is 0 Å². The summed E-state index contributed by atoms with van der Waals surface area (Å²) < 4.78 is 4.44. The smallest absolute Gasteiger partial charge is 0.356 e. The molecule has 1 rings (SSSR count). The maximum atomic E-state index is 11.3. The Morgan fingerprint density at radius 2 is 2.21 bits per heavy atom. The molecular weight excluding hydrogens is 258 g/mol. The number of esters is 1. The highest BCUT2D eigenvalue weighted by Crippen LogP contribution is 2.22. The Morgan fingerprint density at radius 1 is 1.53 bits per heavy atom. The summed E-state index contributed by atoms with van der Waals surface area (Å²) in [7, 11) is 1.16. The van der Waals surface area contributed by atoms with Gasteiger partial charge in [0.15, 0.2) is 5.69 Å². The molecule has 0 saturated carbocycles. The van der Waals surface area contributed by atoms with Crippen molar-refractivity contribution in [3.63, 3.8) is 0 Å². The van der Waals surface area contributed by atoms with E-state index >= 15 is 0 Å². The van der Waals surface area contributed by atoms with Crippen LogP contribution in [0.1, 0.15) is 16.9 Å². The second-order valence-electron chi connectivity index (χ2n) is 3.38. The summed E-state index contributed by atoms with van der Waals surface area (Å²) in [6.07, 6.45) is -0.235. The standard InChI is InChI=1S/C10H11N3O6/c1-19-10(16)6-2-3-7(13(17)18)9(12-6)11-5-4-8(14)15/h2-3H,4-5H2,1H3,(H,11,12)(H,14,15). The molecule has 1 aromatic rings. The summed E-state index contributed by atoms with van der Waals surface area (Å²) in [6, 6.07) is 2.26. The number of methoxy groups -OCH3 is 1. The number of anilines is 1. The van der Waals surface area contributed by atoms with Gasteiger partial charge in [-0.1, -0.05) is 0 Å². The van der Waals surface area contributed by atoms with Crippen molar-refractivity contribution in [3.8, 4) is 0 Å². The van der Waals surface area contributed by atoms with Gasteiger partial charge >= 0.3 is 17.6 Å². The molecule has 19 heavy (non-hydrogen) atoms. The van der Waals surface area contributed by atoms with Gasteiger partial charge in [-0.05, 0) is 6.07 Å². The van der Waals surface area contributed by atoms with Crippen molar-refractivity contribution in [1.29, 1.82) is 0 Å². The molecule has 0 bridgehead atoms. The number of ether oxygens (including phenoxy) is 1. The minimum atomic E-state index is -1.06. The summed E-state index contributed by atoms with van der Waals surface area (Å²) in [4.78, 5) is 35.4. The van der Waals surface area contributed by atoms with Gasteiger partial charge in [0.05, 0.1) is 18.5 Å². The van der Waals surface area contributed by atoms with E-state index in [0.717, 1.165) is 19.2 Å². The first-order chi connectivity index (χ1) is 8.95. The maximum absolute atomic E-state index is 11.3. The van der Waals surface area contributed by atoms with E-state index < -0.39 is 16.9 Å². The molecule has 0 aliphatic carbocycles. The van der Waals surface area contributed by atoms with Crippen molar-refractivity contribution in [2.75, 3.05) is 19.0 Å². The third kappa shape index (κ3) is 3.91. The zero-order valence-corrected chi connectivity index (χ0v) is 9.95. The van der Waals surface area contributed by atoms with Gasteiger partial charge in [-0.25, -0.2) is 9.78 Å². The van der Waals surface area contributed by atoms with Gasteiger partial charge in [0.1, 0.15) is 0 Å². The van der Waals surface area contributed by atoms with Crippen LogP contribution in [0.2, 0.25) is 0 Å². The summed E-state index contributed by atoms with van der Waals surface area (Å²) in [5.41, 5.74) is -0.455. The van der Waals surface area contributed by atoms with Gasteiger partial charge in [-0.2, -0.15) is 0 Å². The largest absolute Gasteiger partial charge is 0.481 e. The first kappa shape index (κ1) is 14.4. The molecule has 102 valence electrons. The van der Waals surface area contributed by atoms with Crippen LogP contribution in [0.4, 0.5) is 11.5 Å². The van der Waals surface area contributed by atoms with E-state index in [1.165, 1.54) is 0 Å². The molecule has 0 amide bonds. The van der Waals surface area contributed by atoms with E-state index in [9.17, 15) is 19.7 Å². The molecule has 2 N–H and O–H groups in total. The highest BCUT2D eigenvalue weighted by Gasteiger charge is 2.18. The second-order valence-corrected chi connectivity index (χ2v) is 3.38. The minimum absolute atomic E-state index is 0.0478. The number of hydrogen-bond donors (Lipinski definition) is 2. The van der Waals surface area contributed by atoms with Gasteiger partial charge in [0.25, 0.3) is 0 Å². The number of nitrogens with one attached hydrogen (secondary N) is 1. The van der Waals surface area contributed by atoms with Crippen molar-refractivity contribution in [3.05, 3.63) is 27.9 Å². The molecule has 1 heterocycles. The molecule has 0 atom stereocenters. The predicted molar refractivity (Wildman–Crippen MR) is 63.0 cm³/mol. The highest BCUT2D eigenvalue weighted by atomic mass is 16.6.